The first-order chi connectivity index (χ1) is 7.38. The van der Waals surface area contributed by atoms with Crippen LogP contribution in [0.5, 0.6) is 0 Å². The van der Waals surface area contributed by atoms with E-state index in [9.17, 15) is 0 Å². The Morgan fingerprint density at radius 1 is 1.53 bits per heavy atom. The first kappa shape index (κ1) is 9.33. The second-order valence-electron chi connectivity index (χ2n) is 4.12. The number of ether oxygens (including phenoxy) is 2. The fraction of sp³-hybridized carbons (Fsp3) is 0.700. The molecule has 0 amide bonds. The summed E-state index contributed by atoms with van der Waals surface area (Å²) < 4.78 is 13.4. The molecule has 5 nitrogen and oxygen atoms in total. The Kier molecular flexibility index (Phi) is 2.23. The van der Waals surface area contributed by atoms with Crippen molar-refractivity contribution in [3.63, 3.8) is 0 Å². The zero-order valence-electron chi connectivity index (χ0n) is 8.50. The third-order valence-corrected chi connectivity index (χ3v) is 2.89. The third kappa shape index (κ3) is 1.67. The van der Waals surface area contributed by atoms with Crippen LogP contribution in [0.1, 0.15) is 30.9 Å². The maximum atomic E-state index is 5.67. The van der Waals surface area contributed by atoms with Gasteiger partial charge in [-0.25, -0.2) is 4.98 Å². The molecule has 2 unspecified atom stereocenters. The monoisotopic (exact) mass is 209 g/mol. The van der Waals surface area contributed by atoms with E-state index in [-0.39, 0.29) is 12.4 Å². The van der Waals surface area contributed by atoms with Gasteiger partial charge in [-0.1, -0.05) is 0 Å². The first-order valence-electron chi connectivity index (χ1n) is 5.37. The predicted octanol–water partition coefficient (Wildman–Crippen LogP) is 0.591. The molecule has 82 valence electrons. The minimum atomic E-state index is -0.276. The van der Waals surface area contributed by atoms with Gasteiger partial charge < -0.3 is 19.8 Å². The highest BCUT2D eigenvalue weighted by Gasteiger charge is 2.32. The van der Waals surface area contributed by atoms with E-state index in [0.717, 1.165) is 5.69 Å². The number of aromatic nitrogens is 2. The lowest BCUT2D eigenvalue weighted by molar-refractivity contribution is -0.0638. The summed E-state index contributed by atoms with van der Waals surface area (Å²) in [6, 6.07) is 0.603. The van der Waals surface area contributed by atoms with Gasteiger partial charge in [0.25, 0.3) is 0 Å². The van der Waals surface area contributed by atoms with E-state index in [1.165, 1.54) is 12.8 Å². The summed E-state index contributed by atoms with van der Waals surface area (Å²) in [5.74, 6) is 0. The van der Waals surface area contributed by atoms with Crippen LogP contribution < -0.4 is 5.73 Å². The van der Waals surface area contributed by atoms with Crippen LogP contribution in [0.15, 0.2) is 12.5 Å². The van der Waals surface area contributed by atoms with E-state index in [1.54, 1.807) is 0 Å². The first-order valence-corrected chi connectivity index (χ1v) is 5.37. The number of hydrogen-bond donors (Lipinski definition) is 1. The Labute approximate surface area is 88.2 Å². The zero-order valence-corrected chi connectivity index (χ0v) is 8.50. The van der Waals surface area contributed by atoms with Crippen molar-refractivity contribution in [2.24, 2.45) is 5.73 Å². The number of rotatable bonds is 3. The van der Waals surface area contributed by atoms with Crippen molar-refractivity contribution in [3.8, 4) is 0 Å². The highest BCUT2D eigenvalue weighted by Crippen LogP contribution is 2.38. The summed E-state index contributed by atoms with van der Waals surface area (Å²) in [5.41, 5.74) is 6.55. The lowest BCUT2D eigenvalue weighted by Crippen LogP contribution is -2.21. The minimum absolute atomic E-state index is 0.0255. The van der Waals surface area contributed by atoms with Gasteiger partial charge in [0.05, 0.1) is 30.9 Å². The van der Waals surface area contributed by atoms with Crippen molar-refractivity contribution in [1.82, 2.24) is 9.55 Å². The van der Waals surface area contributed by atoms with Gasteiger partial charge in [-0.2, -0.15) is 0 Å². The van der Waals surface area contributed by atoms with Crippen LogP contribution in [0.4, 0.5) is 0 Å². The fourth-order valence-electron chi connectivity index (χ4n) is 1.88. The molecule has 0 spiro atoms. The van der Waals surface area contributed by atoms with Crippen LogP contribution in [0.2, 0.25) is 0 Å². The topological polar surface area (TPSA) is 62.3 Å². The van der Waals surface area contributed by atoms with E-state index in [4.69, 9.17) is 15.2 Å². The number of hydrogen-bond acceptors (Lipinski definition) is 4. The van der Waals surface area contributed by atoms with E-state index >= 15 is 0 Å². The van der Waals surface area contributed by atoms with Crippen LogP contribution in [-0.4, -0.2) is 28.8 Å². The largest absolute Gasteiger partial charge is 0.344 e. The Hall–Kier alpha value is -0.910. The summed E-state index contributed by atoms with van der Waals surface area (Å²) in [6.07, 6.45) is 5.89. The van der Waals surface area contributed by atoms with Crippen molar-refractivity contribution >= 4 is 0 Å². The molecule has 1 aliphatic heterocycles. The Morgan fingerprint density at radius 3 is 3.07 bits per heavy atom. The average Bonchev–Trinajstić information content (AvgIpc) is 2.83. The van der Waals surface area contributed by atoms with E-state index in [0.29, 0.717) is 19.2 Å². The van der Waals surface area contributed by atoms with Crippen LogP contribution in [0, 0.1) is 0 Å². The quantitative estimate of drug-likeness (QED) is 0.791. The Balaban J connectivity index is 1.78. The molecule has 1 aromatic rings. The third-order valence-electron chi connectivity index (χ3n) is 2.89. The lowest BCUT2D eigenvalue weighted by Gasteiger charge is -2.12. The molecule has 1 saturated carbocycles. The molecule has 1 aliphatic carbocycles. The van der Waals surface area contributed by atoms with Gasteiger partial charge in [-0.05, 0) is 12.8 Å². The molecule has 2 aliphatic rings. The molecule has 15 heavy (non-hydrogen) atoms. The molecule has 0 bridgehead atoms. The minimum Gasteiger partial charge on any atom is -0.344 e. The van der Waals surface area contributed by atoms with Gasteiger partial charge in [0.1, 0.15) is 0 Å². The normalized spacial score (nSPS) is 31.0. The van der Waals surface area contributed by atoms with Gasteiger partial charge in [0.15, 0.2) is 0 Å². The maximum absolute atomic E-state index is 5.67. The second kappa shape index (κ2) is 3.59. The highest BCUT2D eigenvalue weighted by molar-refractivity contribution is 5.06. The van der Waals surface area contributed by atoms with Crippen molar-refractivity contribution in [3.05, 3.63) is 18.2 Å². The molecular formula is C10H15N3O2. The molecular weight excluding hydrogens is 194 g/mol. The second-order valence-corrected chi connectivity index (χ2v) is 4.12. The van der Waals surface area contributed by atoms with Crippen LogP contribution in [0.25, 0.3) is 0 Å². The van der Waals surface area contributed by atoms with E-state index in [2.05, 4.69) is 9.55 Å². The molecule has 3 rings (SSSR count). The highest BCUT2D eigenvalue weighted by atomic mass is 16.7. The molecule has 0 radical (unpaired) electrons. The molecule has 2 atom stereocenters. The molecule has 0 aromatic carbocycles. The standard InChI is InChI=1S/C10H15N3O2/c11-3-8-5-14-10(15-8)9-4-12-6-13(9)7-1-2-7/h4,6-8,10H,1-3,5,11H2. The Bertz CT molecular complexity index is 348. The number of imidazole rings is 1. The van der Waals surface area contributed by atoms with Crippen LogP contribution >= 0.6 is 0 Å². The molecule has 2 heterocycles. The molecule has 2 fully saturated rings. The van der Waals surface area contributed by atoms with Gasteiger partial charge in [-0.15, -0.1) is 0 Å². The smallest absolute Gasteiger partial charge is 0.201 e. The van der Waals surface area contributed by atoms with Gasteiger partial charge in [-0.3, -0.25) is 0 Å². The fourth-order valence-corrected chi connectivity index (χ4v) is 1.88. The Morgan fingerprint density at radius 2 is 2.40 bits per heavy atom. The van der Waals surface area contributed by atoms with Crippen LogP contribution in [-0.2, 0) is 9.47 Å². The SMILES string of the molecule is NCC1COC(c2cncn2C2CC2)O1. The van der Waals surface area contributed by atoms with Crippen molar-refractivity contribution in [1.29, 1.82) is 0 Å². The maximum Gasteiger partial charge on any atom is 0.201 e. The molecule has 2 N–H and O–H groups in total. The summed E-state index contributed by atoms with van der Waals surface area (Å²) >= 11 is 0. The summed E-state index contributed by atoms with van der Waals surface area (Å²) in [5, 5.41) is 0. The molecule has 5 heteroatoms. The van der Waals surface area contributed by atoms with Crippen LogP contribution in [0.3, 0.4) is 0 Å². The zero-order chi connectivity index (χ0) is 10.3. The van der Waals surface area contributed by atoms with E-state index < -0.39 is 0 Å². The molecule has 1 saturated heterocycles. The summed E-state index contributed by atoms with van der Waals surface area (Å²) in [7, 11) is 0. The summed E-state index contributed by atoms with van der Waals surface area (Å²) in [6.45, 7) is 1.09. The van der Waals surface area contributed by atoms with Gasteiger partial charge in [0.2, 0.25) is 6.29 Å². The van der Waals surface area contributed by atoms with Crippen molar-refractivity contribution < 1.29 is 9.47 Å². The van der Waals surface area contributed by atoms with Crippen molar-refractivity contribution in [2.75, 3.05) is 13.2 Å². The summed E-state index contributed by atoms with van der Waals surface area (Å²) in [4.78, 5) is 4.15. The number of nitrogens with zero attached hydrogens (tertiary/aromatic N) is 2. The predicted molar refractivity (Wildman–Crippen MR) is 53.1 cm³/mol. The van der Waals surface area contributed by atoms with Gasteiger partial charge in [0, 0.05) is 12.6 Å². The number of nitrogens with two attached hydrogens (primary N) is 1. The van der Waals surface area contributed by atoms with Gasteiger partial charge >= 0.3 is 0 Å². The van der Waals surface area contributed by atoms with Crippen molar-refractivity contribution in [2.45, 2.75) is 31.3 Å². The lowest BCUT2D eigenvalue weighted by atomic mass is 10.4. The van der Waals surface area contributed by atoms with E-state index in [1.807, 2.05) is 12.5 Å². The average molecular weight is 209 g/mol. The molecule has 1 aromatic heterocycles.